The molecule has 1 amide bonds. The van der Waals surface area contributed by atoms with Gasteiger partial charge in [-0.25, -0.2) is 0 Å². The third-order valence-electron chi connectivity index (χ3n) is 9.06. The van der Waals surface area contributed by atoms with E-state index in [1.165, 1.54) is 0 Å². The maximum atomic E-state index is 13.5. The Balaban J connectivity index is 0.00000833. The van der Waals surface area contributed by atoms with Crippen LogP contribution in [0, 0.1) is 29.1 Å². The van der Waals surface area contributed by atoms with Gasteiger partial charge in [0.1, 0.15) is 5.69 Å². The fraction of sp³-hybridized carbons (Fsp3) is 0.605. The molecule has 0 spiro atoms. The third kappa shape index (κ3) is 13.6. The molecule has 0 fully saturated rings. The molecule has 0 saturated heterocycles. The molecule has 274 valence electrons. The molecule has 4 N–H and O–H groups in total. The molecule has 11 heteroatoms. The molecule has 0 aliphatic heterocycles. The number of aliphatic hydroxyl groups is 1. The third-order valence-corrected chi connectivity index (χ3v) is 9.06. The van der Waals surface area contributed by atoms with Crippen molar-refractivity contribution in [2.75, 3.05) is 34.0 Å². The number of aromatic nitrogens is 3. The number of hydrogen-bond donors (Lipinski definition) is 3. The van der Waals surface area contributed by atoms with Crippen molar-refractivity contribution in [1.82, 2.24) is 20.3 Å². The summed E-state index contributed by atoms with van der Waals surface area (Å²) in [6.07, 6.45) is 3.65. The maximum absolute atomic E-state index is 13.5. The van der Waals surface area contributed by atoms with Crippen LogP contribution in [0.25, 0.3) is 11.3 Å². The molecule has 0 unspecified atom stereocenters. The summed E-state index contributed by atoms with van der Waals surface area (Å²) in [7, 11) is 3.32. The highest BCUT2D eigenvalue weighted by atomic mass is 35.5. The first kappa shape index (κ1) is 42.0. The van der Waals surface area contributed by atoms with E-state index >= 15 is 0 Å². The highest BCUT2D eigenvalue weighted by Gasteiger charge is 2.31. The number of rotatable bonds is 21. The zero-order valence-electron chi connectivity index (χ0n) is 30.7. The number of carbonyl (C=O) groups is 1. The van der Waals surface area contributed by atoms with E-state index in [4.69, 9.17) is 19.9 Å². The first-order valence-electron chi connectivity index (χ1n) is 17.3. The molecule has 4 atom stereocenters. The molecular weight excluding hydrogens is 642 g/mol. The quantitative estimate of drug-likeness (QED) is 0.112. The van der Waals surface area contributed by atoms with Crippen LogP contribution in [0.15, 0.2) is 54.7 Å². The number of methoxy groups -OCH3 is 2. The van der Waals surface area contributed by atoms with Crippen LogP contribution in [0.1, 0.15) is 66.4 Å². The lowest BCUT2D eigenvalue weighted by atomic mass is 9.80. The first-order valence-corrected chi connectivity index (χ1v) is 17.3. The molecule has 0 aliphatic carbocycles. The van der Waals surface area contributed by atoms with Crippen LogP contribution in [0.3, 0.4) is 0 Å². The van der Waals surface area contributed by atoms with E-state index in [-0.39, 0.29) is 41.5 Å². The summed E-state index contributed by atoms with van der Waals surface area (Å²) >= 11 is 0. The monoisotopic (exact) mass is 701 g/mol. The van der Waals surface area contributed by atoms with Gasteiger partial charge in [-0.1, -0.05) is 83.2 Å². The smallest absolute Gasteiger partial charge is 0.223 e. The zero-order valence-corrected chi connectivity index (χ0v) is 31.5. The Kier molecular flexibility index (Phi) is 17.6. The van der Waals surface area contributed by atoms with Gasteiger partial charge in [0.25, 0.3) is 0 Å². The van der Waals surface area contributed by atoms with E-state index in [1.54, 1.807) is 14.2 Å². The summed E-state index contributed by atoms with van der Waals surface area (Å²) in [6, 6.07) is 15.5. The lowest BCUT2D eigenvalue weighted by molar-refractivity contribution is -0.128. The second-order valence-electron chi connectivity index (χ2n) is 14.5. The largest absolute Gasteiger partial charge is 0.493 e. The molecular formula is C38H60ClN5O5. The Morgan fingerprint density at radius 1 is 1.00 bits per heavy atom. The number of hydrogen-bond acceptors (Lipinski definition) is 8. The van der Waals surface area contributed by atoms with Gasteiger partial charge in [-0.15, -0.1) is 17.5 Å². The van der Waals surface area contributed by atoms with E-state index in [0.29, 0.717) is 56.6 Å². The zero-order chi connectivity index (χ0) is 35.3. The number of amides is 1. The highest BCUT2D eigenvalue weighted by Crippen LogP contribution is 2.32. The molecule has 0 aliphatic rings. The minimum absolute atomic E-state index is 0. The molecule has 1 aromatic heterocycles. The Hall–Kier alpha value is -3.18. The van der Waals surface area contributed by atoms with Crippen LogP contribution in [0.4, 0.5) is 0 Å². The van der Waals surface area contributed by atoms with Gasteiger partial charge >= 0.3 is 0 Å². The van der Waals surface area contributed by atoms with Gasteiger partial charge in [-0.3, -0.25) is 9.48 Å². The Morgan fingerprint density at radius 3 is 2.35 bits per heavy atom. The number of nitrogens with two attached hydrogens (primary N) is 1. The number of halogens is 1. The number of aliphatic hydroxyl groups excluding tert-OH is 1. The van der Waals surface area contributed by atoms with Gasteiger partial charge in [0.15, 0.2) is 11.5 Å². The average Bonchev–Trinajstić information content (AvgIpc) is 3.52. The molecule has 2 aromatic carbocycles. The Bertz CT molecular complexity index is 1380. The number of nitrogens with one attached hydrogen (secondary N) is 1. The molecule has 0 radical (unpaired) electrons. The van der Waals surface area contributed by atoms with E-state index in [2.05, 4.69) is 49.4 Å². The van der Waals surface area contributed by atoms with Crippen molar-refractivity contribution in [2.45, 2.75) is 85.9 Å². The van der Waals surface area contributed by atoms with Gasteiger partial charge in [0.05, 0.1) is 26.0 Å². The number of ether oxygens (including phenoxy) is 3. The summed E-state index contributed by atoms with van der Waals surface area (Å²) in [5.41, 5.74) is 9.34. The summed E-state index contributed by atoms with van der Waals surface area (Å²) in [5, 5.41) is 23.1. The predicted molar refractivity (Wildman–Crippen MR) is 198 cm³/mol. The fourth-order valence-corrected chi connectivity index (χ4v) is 5.93. The predicted octanol–water partition coefficient (Wildman–Crippen LogP) is 6.19. The van der Waals surface area contributed by atoms with Crippen molar-refractivity contribution >= 4 is 18.3 Å². The van der Waals surface area contributed by atoms with Crippen molar-refractivity contribution in [3.63, 3.8) is 0 Å². The van der Waals surface area contributed by atoms with Crippen molar-refractivity contribution in [3.05, 3.63) is 60.3 Å². The summed E-state index contributed by atoms with van der Waals surface area (Å²) in [5.74, 6) is 1.60. The van der Waals surface area contributed by atoms with Crippen LogP contribution in [-0.2, 0) is 22.5 Å². The number of carbonyl (C=O) groups excluding carboxylic acids is 1. The topological polar surface area (TPSA) is 134 Å². The normalized spacial score (nSPS) is 14.2. The van der Waals surface area contributed by atoms with Gasteiger partial charge in [-0.05, 0) is 54.7 Å². The average molecular weight is 702 g/mol. The fourth-order valence-electron chi connectivity index (χ4n) is 5.93. The second-order valence-corrected chi connectivity index (χ2v) is 14.5. The van der Waals surface area contributed by atoms with Gasteiger partial charge < -0.3 is 30.4 Å². The van der Waals surface area contributed by atoms with E-state index in [1.807, 2.05) is 67.2 Å². The minimum Gasteiger partial charge on any atom is -0.493 e. The van der Waals surface area contributed by atoms with Crippen LogP contribution in [0.2, 0.25) is 0 Å². The second kappa shape index (κ2) is 20.5. The molecule has 0 saturated carbocycles. The van der Waals surface area contributed by atoms with Crippen LogP contribution in [0.5, 0.6) is 11.5 Å². The van der Waals surface area contributed by atoms with Crippen LogP contribution < -0.4 is 20.5 Å². The highest BCUT2D eigenvalue weighted by molar-refractivity contribution is 5.85. The van der Waals surface area contributed by atoms with Gasteiger partial charge in [0.2, 0.25) is 5.91 Å². The molecule has 0 bridgehead atoms. The number of benzene rings is 2. The van der Waals surface area contributed by atoms with Crippen molar-refractivity contribution in [3.8, 4) is 22.8 Å². The summed E-state index contributed by atoms with van der Waals surface area (Å²) in [6.45, 7) is 14.8. The van der Waals surface area contributed by atoms with E-state index in [0.717, 1.165) is 29.7 Å². The SMILES string of the molecule is COCCCOc1cc(C[C@@H](C[C@H](N)[C@@H](O)C[C@H](C(=O)NCC(C)(C)Cn2cc(-c3ccccc3)nn2)C(C)C)C(C)C)ccc1OC.Cl. The van der Waals surface area contributed by atoms with Crippen molar-refractivity contribution < 1.29 is 24.1 Å². The lowest BCUT2D eigenvalue weighted by Crippen LogP contribution is -2.44. The number of nitrogens with zero attached hydrogens (tertiary/aromatic N) is 3. The first-order chi connectivity index (χ1) is 22.8. The molecule has 49 heavy (non-hydrogen) atoms. The standard InChI is InChI=1S/C38H59N5O5.ClH/c1-26(2)30(19-28-15-16-35(47-8)36(20-28)48-18-12-17-46-7)21-32(39)34(44)22-31(27(3)4)37(45)40-24-38(5,6)25-43-23-33(41-42-43)29-13-10-9-11-14-29;/h9-11,13-16,20,23,26-27,30-32,34,44H,12,17-19,21-22,24-25,39H2,1-8H3,(H,40,45);1H/t30-,31-,32-,34-;/m0./s1. The maximum Gasteiger partial charge on any atom is 0.223 e. The van der Waals surface area contributed by atoms with E-state index < -0.39 is 12.1 Å². The Labute approximate surface area is 299 Å². The van der Waals surface area contributed by atoms with Gasteiger partial charge in [-0.2, -0.15) is 0 Å². The molecule has 3 aromatic rings. The Morgan fingerprint density at radius 2 is 1.71 bits per heavy atom. The minimum atomic E-state index is -0.806. The summed E-state index contributed by atoms with van der Waals surface area (Å²) in [4.78, 5) is 13.5. The van der Waals surface area contributed by atoms with Crippen molar-refractivity contribution in [1.29, 1.82) is 0 Å². The molecule has 3 rings (SSSR count). The van der Waals surface area contributed by atoms with Gasteiger partial charge in [0, 0.05) is 56.2 Å². The van der Waals surface area contributed by atoms with Crippen LogP contribution in [-0.4, -0.2) is 72.1 Å². The summed E-state index contributed by atoms with van der Waals surface area (Å²) < 4.78 is 18.5. The van der Waals surface area contributed by atoms with Crippen molar-refractivity contribution in [2.24, 2.45) is 34.8 Å². The van der Waals surface area contributed by atoms with Crippen LogP contribution >= 0.6 is 12.4 Å². The molecule has 10 nitrogen and oxygen atoms in total. The molecule has 1 heterocycles. The van der Waals surface area contributed by atoms with E-state index in [9.17, 15) is 9.90 Å². The lowest BCUT2D eigenvalue weighted by Gasteiger charge is -2.31.